The molecule has 3 N–H and O–H groups in total. The largest absolute Gasteiger partial charge is 0.325 e. The maximum atomic E-state index is 12.3. The molecule has 0 radical (unpaired) electrons. The van der Waals surface area contributed by atoms with Crippen LogP contribution in [0.2, 0.25) is 0 Å². The van der Waals surface area contributed by atoms with Crippen LogP contribution >= 0.6 is 15.9 Å². The number of hydrogen-bond acceptors (Lipinski definition) is 4. The van der Waals surface area contributed by atoms with Crippen molar-refractivity contribution < 1.29 is 13.2 Å². The minimum absolute atomic E-state index is 0.0856. The van der Waals surface area contributed by atoms with Crippen molar-refractivity contribution in [2.75, 3.05) is 18.4 Å². The van der Waals surface area contributed by atoms with E-state index in [9.17, 15) is 13.2 Å². The Balaban J connectivity index is 2.16. The van der Waals surface area contributed by atoms with E-state index in [4.69, 9.17) is 0 Å². The zero-order valence-electron chi connectivity index (χ0n) is 11.6. The molecule has 0 aliphatic carbocycles. The van der Waals surface area contributed by atoms with Crippen LogP contribution in [0.5, 0.6) is 0 Å². The number of halogens is 1. The highest BCUT2D eigenvalue weighted by Crippen LogP contribution is 2.26. The standard InChI is InChI=1S/C13H18BrN3O3S/c1-9(18)16-13-5-4-11(7-12(13)14)21(19,20)17-10-3-2-6-15-8-10/h4-5,7,10,15,17H,2-3,6,8H2,1H3,(H,16,18). The van der Waals surface area contributed by atoms with Crippen molar-refractivity contribution in [3.63, 3.8) is 0 Å². The van der Waals surface area contributed by atoms with Gasteiger partial charge in [0.2, 0.25) is 15.9 Å². The Bertz CT molecular complexity index is 628. The lowest BCUT2D eigenvalue weighted by atomic mass is 10.1. The summed E-state index contributed by atoms with van der Waals surface area (Å²) in [5.41, 5.74) is 0.542. The number of nitrogens with one attached hydrogen (secondary N) is 3. The lowest BCUT2D eigenvalue weighted by molar-refractivity contribution is -0.114. The number of rotatable bonds is 4. The van der Waals surface area contributed by atoms with Gasteiger partial charge in [-0.05, 0) is 53.5 Å². The molecule has 1 amide bonds. The molecule has 8 heteroatoms. The summed E-state index contributed by atoms with van der Waals surface area (Å²) in [4.78, 5) is 11.2. The van der Waals surface area contributed by atoms with Gasteiger partial charge in [-0.1, -0.05) is 0 Å². The van der Waals surface area contributed by atoms with Crippen molar-refractivity contribution in [3.05, 3.63) is 22.7 Å². The fourth-order valence-corrected chi connectivity index (χ4v) is 4.12. The third-order valence-electron chi connectivity index (χ3n) is 3.18. The van der Waals surface area contributed by atoms with Gasteiger partial charge >= 0.3 is 0 Å². The quantitative estimate of drug-likeness (QED) is 0.742. The molecule has 1 atom stereocenters. The Morgan fingerprint density at radius 1 is 1.43 bits per heavy atom. The van der Waals surface area contributed by atoms with Gasteiger partial charge < -0.3 is 10.6 Å². The summed E-state index contributed by atoms with van der Waals surface area (Å²) in [6.45, 7) is 2.97. The highest BCUT2D eigenvalue weighted by molar-refractivity contribution is 9.10. The zero-order chi connectivity index (χ0) is 15.5. The van der Waals surface area contributed by atoms with E-state index in [1.54, 1.807) is 6.07 Å². The molecule has 1 aliphatic heterocycles. The van der Waals surface area contributed by atoms with Crippen LogP contribution < -0.4 is 15.4 Å². The third kappa shape index (κ3) is 4.50. The molecule has 1 unspecified atom stereocenters. The van der Waals surface area contributed by atoms with Crippen LogP contribution in [0, 0.1) is 0 Å². The van der Waals surface area contributed by atoms with Gasteiger partial charge in [-0.25, -0.2) is 13.1 Å². The van der Waals surface area contributed by atoms with Gasteiger partial charge in [0.1, 0.15) is 0 Å². The predicted octanol–water partition coefficient (Wildman–Crippen LogP) is 1.44. The van der Waals surface area contributed by atoms with E-state index in [0.29, 0.717) is 16.7 Å². The SMILES string of the molecule is CC(=O)Nc1ccc(S(=O)(=O)NC2CCCNC2)cc1Br. The Hall–Kier alpha value is -0.960. The van der Waals surface area contributed by atoms with Gasteiger partial charge in [0.05, 0.1) is 10.6 Å². The Kier molecular flexibility index (Phi) is 5.37. The van der Waals surface area contributed by atoms with Gasteiger partial charge in [0.25, 0.3) is 0 Å². The highest BCUT2D eigenvalue weighted by Gasteiger charge is 2.22. The fourth-order valence-electron chi connectivity index (χ4n) is 2.19. The molecular formula is C13H18BrN3O3S. The highest BCUT2D eigenvalue weighted by atomic mass is 79.9. The van der Waals surface area contributed by atoms with E-state index < -0.39 is 10.0 Å². The second kappa shape index (κ2) is 6.87. The van der Waals surface area contributed by atoms with E-state index in [1.165, 1.54) is 19.1 Å². The van der Waals surface area contributed by atoms with Crippen molar-refractivity contribution in [2.24, 2.45) is 0 Å². The first-order chi connectivity index (χ1) is 9.88. The Morgan fingerprint density at radius 3 is 2.76 bits per heavy atom. The summed E-state index contributed by atoms with van der Waals surface area (Å²) in [5, 5.41) is 5.79. The summed E-state index contributed by atoms with van der Waals surface area (Å²) >= 11 is 3.27. The Morgan fingerprint density at radius 2 is 2.19 bits per heavy atom. The Labute approximate surface area is 132 Å². The first-order valence-corrected chi connectivity index (χ1v) is 8.96. The van der Waals surface area contributed by atoms with Crippen molar-refractivity contribution in [1.82, 2.24) is 10.0 Å². The van der Waals surface area contributed by atoms with Crippen molar-refractivity contribution >= 4 is 37.5 Å². The first kappa shape index (κ1) is 16.4. The maximum absolute atomic E-state index is 12.3. The van der Waals surface area contributed by atoms with Crippen LogP contribution in [0.1, 0.15) is 19.8 Å². The number of sulfonamides is 1. The molecular weight excluding hydrogens is 358 g/mol. The van der Waals surface area contributed by atoms with Crippen LogP contribution in [0.3, 0.4) is 0 Å². The van der Waals surface area contributed by atoms with Crippen molar-refractivity contribution in [2.45, 2.75) is 30.7 Å². The molecule has 1 saturated heterocycles. The fraction of sp³-hybridized carbons (Fsp3) is 0.462. The van der Waals surface area contributed by atoms with E-state index in [0.717, 1.165) is 19.4 Å². The first-order valence-electron chi connectivity index (χ1n) is 6.69. The summed E-state index contributed by atoms with van der Waals surface area (Å²) in [7, 11) is -3.56. The van der Waals surface area contributed by atoms with Gasteiger partial charge in [-0.15, -0.1) is 0 Å². The molecule has 6 nitrogen and oxygen atoms in total. The number of anilines is 1. The van der Waals surface area contributed by atoms with E-state index in [2.05, 4.69) is 31.3 Å². The van der Waals surface area contributed by atoms with Crippen LogP contribution in [0.15, 0.2) is 27.6 Å². The number of piperidine rings is 1. The molecule has 1 aliphatic rings. The van der Waals surface area contributed by atoms with E-state index in [-0.39, 0.29) is 16.8 Å². The van der Waals surface area contributed by atoms with Crippen molar-refractivity contribution in [1.29, 1.82) is 0 Å². The normalized spacial score (nSPS) is 19.2. The predicted molar refractivity (Wildman–Crippen MR) is 84.7 cm³/mol. The number of carbonyl (C=O) groups is 1. The van der Waals surface area contributed by atoms with E-state index >= 15 is 0 Å². The molecule has 1 aromatic carbocycles. The summed E-state index contributed by atoms with van der Waals surface area (Å²) in [6.07, 6.45) is 1.79. The van der Waals surface area contributed by atoms with Gasteiger partial charge in [-0.2, -0.15) is 0 Å². The second-order valence-electron chi connectivity index (χ2n) is 4.99. The lowest BCUT2D eigenvalue weighted by Crippen LogP contribution is -2.45. The van der Waals surface area contributed by atoms with Crippen molar-refractivity contribution in [3.8, 4) is 0 Å². The monoisotopic (exact) mass is 375 g/mol. The average molecular weight is 376 g/mol. The number of benzene rings is 1. The van der Waals surface area contributed by atoms with Gasteiger partial charge in [0.15, 0.2) is 0 Å². The minimum atomic E-state index is -3.56. The number of hydrogen-bond donors (Lipinski definition) is 3. The third-order valence-corrected chi connectivity index (χ3v) is 5.35. The topological polar surface area (TPSA) is 87.3 Å². The molecule has 0 bridgehead atoms. The average Bonchev–Trinajstić information content (AvgIpc) is 2.41. The van der Waals surface area contributed by atoms with Crippen LogP contribution in [0.25, 0.3) is 0 Å². The number of carbonyl (C=O) groups excluding carboxylic acids is 1. The maximum Gasteiger partial charge on any atom is 0.240 e. The molecule has 116 valence electrons. The number of amides is 1. The van der Waals surface area contributed by atoms with Crippen LogP contribution in [-0.4, -0.2) is 33.5 Å². The van der Waals surface area contributed by atoms with Gasteiger partial charge in [0, 0.05) is 24.0 Å². The van der Waals surface area contributed by atoms with Crippen LogP contribution in [0.4, 0.5) is 5.69 Å². The lowest BCUT2D eigenvalue weighted by Gasteiger charge is -2.23. The zero-order valence-corrected chi connectivity index (χ0v) is 14.1. The summed E-state index contributed by atoms with van der Waals surface area (Å²) in [6, 6.07) is 4.45. The molecule has 0 spiro atoms. The summed E-state index contributed by atoms with van der Waals surface area (Å²) < 4.78 is 27.9. The second-order valence-corrected chi connectivity index (χ2v) is 7.56. The van der Waals surface area contributed by atoms with Gasteiger partial charge in [-0.3, -0.25) is 4.79 Å². The smallest absolute Gasteiger partial charge is 0.240 e. The molecule has 0 aromatic heterocycles. The molecule has 0 saturated carbocycles. The molecule has 1 aromatic rings. The van der Waals surface area contributed by atoms with Crippen LogP contribution in [-0.2, 0) is 14.8 Å². The molecule has 1 heterocycles. The summed E-state index contributed by atoms with van der Waals surface area (Å²) in [5.74, 6) is -0.210. The molecule has 2 rings (SSSR count). The minimum Gasteiger partial charge on any atom is -0.325 e. The molecule has 1 fully saturated rings. The van der Waals surface area contributed by atoms with E-state index in [1.807, 2.05) is 0 Å². The molecule has 21 heavy (non-hydrogen) atoms.